The topological polar surface area (TPSA) is 125 Å². The number of methoxy groups -OCH3 is 1. The van der Waals surface area contributed by atoms with Crippen molar-refractivity contribution < 1.29 is 28.9 Å². The Morgan fingerprint density at radius 1 is 1.45 bits per heavy atom. The number of aromatic nitrogens is 2. The van der Waals surface area contributed by atoms with Crippen LogP contribution in [0.3, 0.4) is 0 Å². The second-order valence-electron chi connectivity index (χ2n) is 6.96. The van der Waals surface area contributed by atoms with Crippen molar-refractivity contribution in [3.8, 4) is 23.2 Å². The number of carboxylic acid groups (broad SMARTS) is 1. The first kappa shape index (κ1) is 22.1. The van der Waals surface area contributed by atoms with Gasteiger partial charge in [-0.2, -0.15) is 0 Å². The predicted octanol–water partition coefficient (Wildman–Crippen LogP) is 0.984. The number of halogens is 1. The van der Waals surface area contributed by atoms with E-state index in [9.17, 15) is 24.2 Å². The molecule has 1 amide bonds. The molecule has 162 valence electrons. The highest BCUT2D eigenvalue weighted by Crippen LogP contribution is 2.24. The molecular formula is C21H21FN4O5. The van der Waals surface area contributed by atoms with E-state index in [0.29, 0.717) is 25.3 Å². The summed E-state index contributed by atoms with van der Waals surface area (Å²) in [6.07, 6.45) is 1.43. The number of hydrogen-bond acceptors (Lipinski definition) is 7. The summed E-state index contributed by atoms with van der Waals surface area (Å²) in [7, 11) is 3.08. The minimum atomic E-state index is -1.79. The first-order valence-electron chi connectivity index (χ1n) is 9.39. The monoisotopic (exact) mass is 428 g/mol. The molecule has 1 aromatic carbocycles. The van der Waals surface area contributed by atoms with Crippen LogP contribution >= 0.6 is 0 Å². The zero-order valence-corrected chi connectivity index (χ0v) is 17.0. The fourth-order valence-corrected chi connectivity index (χ4v) is 3.01. The smallest absolute Gasteiger partial charge is 0.356 e. The summed E-state index contributed by atoms with van der Waals surface area (Å²) >= 11 is 0. The van der Waals surface area contributed by atoms with Gasteiger partial charge in [0, 0.05) is 39.2 Å². The Balaban J connectivity index is 1.94. The van der Waals surface area contributed by atoms with E-state index in [1.807, 2.05) is 0 Å². The molecule has 1 aliphatic rings. The van der Waals surface area contributed by atoms with Gasteiger partial charge in [-0.1, -0.05) is 11.8 Å². The molecule has 0 radical (unpaired) electrons. The van der Waals surface area contributed by atoms with Crippen molar-refractivity contribution in [3.05, 3.63) is 41.5 Å². The molecule has 1 aliphatic heterocycles. The average molecular weight is 428 g/mol. The average Bonchev–Trinajstić information content (AvgIpc) is 3.01. The number of ether oxygens (including phenoxy) is 1. The molecule has 2 aromatic rings. The highest BCUT2D eigenvalue weighted by Gasteiger charge is 2.42. The molecule has 3 rings (SSSR count). The fraction of sp³-hybridized carbons (Fsp3) is 0.333. The van der Waals surface area contributed by atoms with Gasteiger partial charge in [0.05, 0.1) is 24.1 Å². The number of carbonyl (C=O) groups excluding carboxylic acids is 1. The molecule has 1 fully saturated rings. The first-order chi connectivity index (χ1) is 14.7. The third-order valence-corrected chi connectivity index (χ3v) is 4.74. The minimum Gasteiger partial charge on any atom is -0.476 e. The zero-order chi connectivity index (χ0) is 22.6. The van der Waals surface area contributed by atoms with Crippen LogP contribution in [0.2, 0.25) is 0 Å². The van der Waals surface area contributed by atoms with Gasteiger partial charge in [0.1, 0.15) is 5.82 Å². The molecule has 1 atom stereocenters. The van der Waals surface area contributed by atoms with E-state index in [0.717, 1.165) is 6.07 Å². The zero-order valence-electron chi connectivity index (χ0n) is 17.0. The van der Waals surface area contributed by atoms with Crippen molar-refractivity contribution in [1.82, 2.24) is 14.9 Å². The number of hydrogen-bond donors (Lipinski definition) is 3. The van der Waals surface area contributed by atoms with Gasteiger partial charge in [0.25, 0.3) is 5.91 Å². The Hall–Kier alpha value is -3.55. The number of likely N-dealkylation sites (tertiary alicyclic amines) is 1. The third kappa shape index (κ3) is 4.79. The van der Waals surface area contributed by atoms with E-state index in [2.05, 4.69) is 27.1 Å². The van der Waals surface area contributed by atoms with Gasteiger partial charge in [0.15, 0.2) is 11.5 Å². The van der Waals surface area contributed by atoms with Crippen LogP contribution in [0, 0.1) is 17.7 Å². The molecule has 0 saturated carbocycles. The largest absolute Gasteiger partial charge is 0.476 e. The molecule has 1 aromatic heterocycles. The predicted molar refractivity (Wildman–Crippen MR) is 109 cm³/mol. The number of rotatable bonds is 6. The summed E-state index contributed by atoms with van der Waals surface area (Å²) in [4.78, 5) is 33.1. The summed E-state index contributed by atoms with van der Waals surface area (Å²) in [5.41, 5.74) is -1.66. The molecule has 2 heterocycles. The molecule has 0 spiro atoms. The number of anilines is 1. The van der Waals surface area contributed by atoms with Crippen LogP contribution in [0.25, 0.3) is 11.4 Å². The van der Waals surface area contributed by atoms with E-state index in [1.54, 1.807) is 7.05 Å². The Kier molecular flexibility index (Phi) is 6.48. The number of amides is 1. The van der Waals surface area contributed by atoms with Gasteiger partial charge < -0.3 is 25.2 Å². The number of aromatic carboxylic acids is 1. The first-order valence-corrected chi connectivity index (χ1v) is 9.39. The van der Waals surface area contributed by atoms with Crippen LogP contribution in [0.15, 0.2) is 24.4 Å². The molecule has 0 unspecified atom stereocenters. The Morgan fingerprint density at radius 3 is 2.87 bits per heavy atom. The quantitative estimate of drug-likeness (QED) is 0.460. The summed E-state index contributed by atoms with van der Waals surface area (Å²) in [6, 6.07) is 3.87. The molecule has 31 heavy (non-hydrogen) atoms. The highest BCUT2D eigenvalue weighted by molar-refractivity contribution is 5.92. The number of nitrogens with zero attached hydrogens (tertiary/aromatic N) is 3. The van der Waals surface area contributed by atoms with Gasteiger partial charge >= 0.3 is 5.97 Å². The lowest BCUT2D eigenvalue weighted by atomic mass is 10.0. The van der Waals surface area contributed by atoms with Crippen molar-refractivity contribution in [1.29, 1.82) is 0 Å². The van der Waals surface area contributed by atoms with E-state index >= 15 is 0 Å². The normalized spacial score (nSPS) is 17.9. The Labute approximate surface area is 177 Å². The lowest BCUT2D eigenvalue weighted by Gasteiger charge is -2.13. The molecule has 10 heteroatoms. The molecular weight excluding hydrogens is 407 g/mol. The maximum atomic E-state index is 14.4. The van der Waals surface area contributed by atoms with Crippen molar-refractivity contribution in [3.63, 3.8) is 0 Å². The van der Waals surface area contributed by atoms with E-state index < -0.39 is 23.3 Å². The molecule has 3 N–H and O–H groups in total. The summed E-state index contributed by atoms with van der Waals surface area (Å²) < 4.78 is 19.4. The van der Waals surface area contributed by atoms with E-state index in [-0.39, 0.29) is 29.2 Å². The Bertz CT molecular complexity index is 1080. The van der Waals surface area contributed by atoms with Crippen LogP contribution < -0.4 is 5.32 Å². The lowest BCUT2D eigenvalue weighted by Crippen LogP contribution is -2.37. The van der Waals surface area contributed by atoms with Crippen molar-refractivity contribution >= 4 is 17.6 Å². The molecule has 0 aliphatic carbocycles. The number of carboxylic acids is 1. The second-order valence-corrected chi connectivity index (χ2v) is 6.96. The van der Waals surface area contributed by atoms with Gasteiger partial charge in [0.2, 0.25) is 5.60 Å². The number of aliphatic hydroxyl groups is 1. The second kappa shape index (κ2) is 9.07. The van der Waals surface area contributed by atoms with Crippen LogP contribution in [0.1, 0.15) is 22.5 Å². The molecule has 9 nitrogen and oxygen atoms in total. The van der Waals surface area contributed by atoms with Crippen LogP contribution in [0.4, 0.5) is 10.1 Å². The third-order valence-electron chi connectivity index (χ3n) is 4.74. The lowest BCUT2D eigenvalue weighted by molar-refractivity contribution is -0.137. The molecule has 0 bridgehead atoms. The number of likely N-dealkylation sites (N-methyl/N-ethyl adjacent to an activating group) is 1. The number of benzene rings is 1. The van der Waals surface area contributed by atoms with Gasteiger partial charge in [-0.15, -0.1) is 0 Å². The summed E-state index contributed by atoms with van der Waals surface area (Å²) in [5, 5.41) is 22.7. The standard InChI is InChI=1S/C21H21FN4O5/c1-26-9-7-21(30,20(26)29)6-5-13-3-4-15(22)14(11-13)18-24-12-16(23-8-10-31-2)17(25-18)19(27)28/h3-4,11-12,23,30H,7-10H2,1-2H3,(H,27,28)/t21-/m0/s1. The van der Waals surface area contributed by atoms with Crippen molar-refractivity contribution in [2.24, 2.45) is 0 Å². The van der Waals surface area contributed by atoms with Gasteiger partial charge in [-0.05, 0) is 18.2 Å². The van der Waals surface area contributed by atoms with Crippen LogP contribution in [-0.4, -0.2) is 76.4 Å². The SMILES string of the molecule is COCCNc1cnc(-c2cc(C#C[C@]3(O)CCN(C)C3=O)ccc2F)nc1C(=O)O. The van der Waals surface area contributed by atoms with Crippen molar-refractivity contribution in [2.75, 3.05) is 39.2 Å². The number of carbonyl (C=O) groups is 2. The minimum absolute atomic E-state index is 0.0559. The Morgan fingerprint density at radius 2 is 2.23 bits per heavy atom. The van der Waals surface area contributed by atoms with Crippen LogP contribution in [-0.2, 0) is 9.53 Å². The fourth-order valence-electron chi connectivity index (χ4n) is 3.01. The van der Waals surface area contributed by atoms with Crippen LogP contribution in [0.5, 0.6) is 0 Å². The summed E-state index contributed by atoms with van der Waals surface area (Å²) in [6.45, 7) is 1.08. The highest BCUT2D eigenvalue weighted by atomic mass is 19.1. The van der Waals surface area contributed by atoms with E-state index in [1.165, 1.54) is 30.3 Å². The maximum absolute atomic E-state index is 14.4. The van der Waals surface area contributed by atoms with Gasteiger partial charge in [-0.25, -0.2) is 19.2 Å². The maximum Gasteiger partial charge on any atom is 0.356 e. The van der Waals surface area contributed by atoms with Crippen molar-refractivity contribution in [2.45, 2.75) is 12.0 Å². The van der Waals surface area contributed by atoms with Gasteiger partial charge in [-0.3, -0.25) is 4.79 Å². The van der Waals surface area contributed by atoms with E-state index in [4.69, 9.17) is 4.74 Å². The summed E-state index contributed by atoms with van der Waals surface area (Å²) in [5.74, 6) is 2.65. The number of nitrogens with one attached hydrogen (secondary N) is 1. The molecule has 1 saturated heterocycles.